The number of nitrogens with zero attached hydrogens (tertiary/aromatic N) is 3. The van der Waals surface area contributed by atoms with E-state index in [-0.39, 0.29) is 17.7 Å². The predicted octanol–water partition coefficient (Wildman–Crippen LogP) is 2.74. The topological polar surface area (TPSA) is 88.3 Å². The lowest BCUT2D eigenvalue weighted by Gasteiger charge is -2.31. The molecule has 1 aromatic heterocycles. The van der Waals surface area contributed by atoms with Crippen LogP contribution in [0.4, 0.5) is 0 Å². The average Bonchev–Trinajstić information content (AvgIpc) is 3.10. The summed E-state index contributed by atoms with van der Waals surface area (Å²) in [5.41, 5.74) is 0.678. The van der Waals surface area contributed by atoms with Crippen molar-refractivity contribution in [1.82, 2.24) is 20.4 Å². The standard InChI is InChI=1S/C19H23BrN4O3/c1-13-22-17(27-23-13)3-2-10-21-18(25)14-8-11-24(12-9-14)19(26)15-4-6-16(20)7-5-15/h4-7,14H,2-3,8-12H2,1H3,(H,21,25). The van der Waals surface area contributed by atoms with Crippen LogP contribution in [-0.2, 0) is 11.2 Å². The lowest BCUT2D eigenvalue weighted by Crippen LogP contribution is -2.43. The highest BCUT2D eigenvalue weighted by Crippen LogP contribution is 2.20. The first-order valence-electron chi connectivity index (χ1n) is 9.14. The number of aromatic nitrogens is 2. The Balaban J connectivity index is 1.38. The number of nitrogens with one attached hydrogen (secondary N) is 1. The van der Waals surface area contributed by atoms with Gasteiger partial charge in [-0.15, -0.1) is 0 Å². The van der Waals surface area contributed by atoms with Gasteiger partial charge in [-0.1, -0.05) is 21.1 Å². The van der Waals surface area contributed by atoms with Gasteiger partial charge in [-0.3, -0.25) is 9.59 Å². The monoisotopic (exact) mass is 434 g/mol. The number of rotatable bonds is 6. The maximum absolute atomic E-state index is 12.5. The Morgan fingerprint density at radius 3 is 2.59 bits per heavy atom. The molecule has 1 N–H and O–H groups in total. The number of benzene rings is 1. The molecule has 1 aliphatic heterocycles. The fourth-order valence-electron chi connectivity index (χ4n) is 3.16. The van der Waals surface area contributed by atoms with Crippen molar-refractivity contribution in [1.29, 1.82) is 0 Å². The second kappa shape index (κ2) is 9.12. The van der Waals surface area contributed by atoms with Crippen LogP contribution in [0.25, 0.3) is 0 Å². The van der Waals surface area contributed by atoms with Gasteiger partial charge < -0.3 is 14.7 Å². The highest BCUT2D eigenvalue weighted by Gasteiger charge is 2.27. The van der Waals surface area contributed by atoms with Crippen LogP contribution in [0.15, 0.2) is 33.3 Å². The van der Waals surface area contributed by atoms with E-state index in [0.717, 1.165) is 10.9 Å². The van der Waals surface area contributed by atoms with E-state index in [2.05, 4.69) is 31.4 Å². The number of piperidine rings is 1. The Morgan fingerprint density at radius 1 is 1.26 bits per heavy atom. The van der Waals surface area contributed by atoms with Gasteiger partial charge in [0.15, 0.2) is 5.82 Å². The minimum Gasteiger partial charge on any atom is -0.356 e. The molecule has 2 aromatic rings. The quantitative estimate of drug-likeness (QED) is 0.705. The van der Waals surface area contributed by atoms with E-state index in [1.807, 2.05) is 29.2 Å². The fourth-order valence-corrected chi connectivity index (χ4v) is 3.42. The highest BCUT2D eigenvalue weighted by molar-refractivity contribution is 9.10. The summed E-state index contributed by atoms with van der Waals surface area (Å²) in [5.74, 6) is 1.27. The molecule has 1 fully saturated rings. The number of likely N-dealkylation sites (tertiary alicyclic amines) is 1. The van der Waals surface area contributed by atoms with E-state index >= 15 is 0 Å². The molecule has 0 unspecified atom stereocenters. The minimum atomic E-state index is -0.0374. The van der Waals surface area contributed by atoms with Gasteiger partial charge in [0.25, 0.3) is 5.91 Å². The summed E-state index contributed by atoms with van der Waals surface area (Å²) in [7, 11) is 0. The van der Waals surface area contributed by atoms with Gasteiger partial charge in [-0.2, -0.15) is 4.98 Å². The molecule has 8 heteroatoms. The third-order valence-corrected chi connectivity index (χ3v) is 5.21. The zero-order valence-corrected chi connectivity index (χ0v) is 16.9. The van der Waals surface area contributed by atoms with Crippen LogP contribution < -0.4 is 5.32 Å². The summed E-state index contributed by atoms with van der Waals surface area (Å²) >= 11 is 3.37. The Labute approximate surface area is 166 Å². The van der Waals surface area contributed by atoms with Gasteiger partial charge in [0.2, 0.25) is 11.8 Å². The minimum absolute atomic E-state index is 0.0243. The first kappa shape index (κ1) is 19.5. The lowest BCUT2D eigenvalue weighted by molar-refractivity contribution is -0.126. The van der Waals surface area contributed by atoms with Crippen molar-refractivity contribution in [3.63, 3.8) is 0 Å². The molecule has 0 aliphatic carbocycles. The molecule has 7 nitrogen and oxygen atoms in total. The molecule has 1 aromatic carbocycles. The molecule has 27 heavy (non-hydrogen) atoms. The van der Waals surface area contributed by atoms with Gasteiger partial charge in [0.05, 0.1) is 0 Å². The van der Waals surface area contributed by atoms with Crippen LogP contribution >= 0.6 is 15.9 Å². The average molecular weight is 435 g/mol. The largest absolute Gasteiger partial charge is 0.356 e. The normalized spacial score (nSPS) is 15.0. The first-order chi connectivity index (χ1) is 13.0. The molecule has 1 aliphatic rings. The third kappa shape index (κ3) is 5.38. The molecule has 0 atom stereocenters. The molecule has 0 saturated carbocycles. The SMILES string of the molecule is Cc1noc(CCCNC(=O)C2CCN(C(=O)c3ccc(Br)cc3)CC2)n1. The molecule has 2 heterocycles. The van der Waals surface area contributed by atoms with Crippen molar-refractivity contribution < 1.29 is 14.1 Å². The molecule has 0 bridgehead atoms. The van der Waals surface area contributed by atoms with E-state index in [0.29, 0.717) is 56.2 Å². The summed E-state index contributed by atoms with van der Waals surface area (Å²) in [6.07, 6.45) is 2.80. The molecular formula is C19H23BrN4O3. The second-order valence-corrected chi connectivity index (χ2v) is 7.62. The summed E-state index contributed by atoms with van der Waals surface area (Å²) in [4.78, 5) is 30.8. The van der Waals surface area contributed by atoms with E-state index < -0.39 is 0 Å². The molecule has 2 amide bonds. The third-order valence-electron chi connectivity index (χ3n) is 4.68. The van der Waals surface area contributed by atoms with Gasteiger partial charge in [0.1, 0.15) is 0 Å². The smallest absolute Gasteiger partial charge is 0.253 e. The summed E-state index contributed by atoms with van der Waals surface area (Å²) in [5, 5.41) is 6.72. The molecular weight excluding hydrogens is 412 g/mol. The number of amides is 2. The van der Waals surface area contributed by atoms with E-state index in [1.165, 1.54) is 0 Å². The van der Waals surface area contributed by atoms with Crippen molar-refractivity contribution >= 4 is 27.7 Å². The Kier molecular flexibility index (Phi) is 6.60. The van der Waals surface area contributed by atoms with Crippen LogP contribution in [-0.4, -0.2) is 46.5 Å². The van der Waals surface area contributed by atoms with Crippen LogP contribution in [0.2, 0.25) is 0 Å². The highest BCUT2D eigenvalue weighted by atomic mass is 79.9. The van der Waals surface area contributed by atoms with Crippen LogP contribution in [0.3, 0.4) is 0 Å². The zero-order valence-electron chi connectivity index (χ0n) is 15.3. The Hall–Kier alpha value is -2.22. The lowest BCUT2D eigenvalue weighted by atomic mass is 9.95. The second-order valence-electron chi connectivity index (χ2n) is 6.70. The maximum atomic E-state index is 12.5. The Bertz CT molecular complexity index is 783. The van der Waals surface area contributed by atoms with E-state index in [9.17, 15) is 9.59 Å². The number of halogens is 1. The van der Waals surface area contributed by atoms with E-state index in [1.54, 1.807) is 6.92 Å². The number of hydrogen-bond acceptors (Lipinski definition) is 5. The van der Waals surface area contributed by atoms with Crippen molar-refractivity contribution in [2.45, 2.75) is 32.6 Å². The summed E-state index contributed by atoms with van der Waals surface area (Å²) in [6.45, 7) is 3.57. The van der Waals surface area contributed by atoms with Crippen LogP contribution in [0.5, 0.6) is 0 Å². The zero-order chi connectivity index (χ0) is 19.2. The Morgan fingerprint density at radius 2 is 1.96 bits per heavy atom. The molecule has 144 valence electrons. The summed E-state index contributed by atoms with van der Waals surface area (Å²) in [6, 6.07) is 7.36. The van der Waals surface area contributed by atoms with Gasteiger partial charge in [-0.25, -0.2) is 0 Å². The van der Waals surface area contributed by atoms with Gasteiger partial charge in [0, 0.05) is 42.0 Å². The molecule has 1 saturated heterocycles. The molecule has 0 spiro atoms. The van der Waals surface area contributed by atoms with Crippen molar-refractivity contribution in [2.75, 3.05) is 19.6 Å². The number of hydrogen-bond donors (Lipinski definition) is 1. The summed E-state index contributed by atoms with van der Waals surface area (Å²) < 4.78 is 6.00. The van der Waals surface area contributed by atoms with Gasteiger partial charge >= 0.3 is 0 Å². The van der Waals surface area contributed by atoms with Crippen LogP contribution in [0, 0.1) is 12.8 Å². The maximum Gasteiger partial charge on any atom is 0.253 e. The van der Waals surface area contributed by atoms with Crippen molar-refractivity contribution in [3.8, 4) is 0 Å². The fraction of sp³-hybridized carbons (Fsp3) is 0.474. The number of aryl methyl sites for hydroxylation is 2. The van der Waals surface area contributed by atoms with E-state index in [4.69, 9.17) is 4.52 Å². The number of carbonyl (C=O) groups excluding carboxylic acids is 2. The van der Waals surface area contributed by atoms with Crippen LogP contribution in [0.1, 0.15) is 41.3 Å². The van der Waals surface area contributed by atoms with Crippen molar-refractivity contribution in [3.05, 3.63) is 46.0 Å². The molecule has 0 radical (unpaired) electrons. The number of carbonyl (C=O) groups is 2. The molecule has 3 rings (SSSR count). The predicted molar refractivity (Wildman–Crippen MR) is 103 cm³/mol. The first-order valence-corrected chi connectivity index (χ1v) is 9.94. The van der Waals surface area contributed by atoms with Crippen molar-refractivity contribution in [2.24, 2.45) is 5.92 Å². The van der Waals surface area contributed by atoms with Gasteiger partial charge in [-0.05, 0) is 50.5 Å².